The van der Waals surface area contributed by atoms with Crippen molar-refractivity contribution in [2.24, 2.45) is 11.0 Å². The Labute approximate surface area is 134 Å². The van der Waals surface area contributed by atoms with E-state index in [4.69, 9.17) is 29.6 Å². The maximum absolute atomic E-state index is 9.88. The Balaban J connectivity index is 2.09. The summed E-state index contributed by atoms with van der Waals surface area (Å²) in [5, 5.41) is 32.0. The van der Waals surface area contributed by atoms with Crippen molar-refractivity contribution in [2.75, 3.05) is 46.2 Å². The molecule has 1 aliphatic rings. The zero-order valence-corrected chi connectivity index (χ0v) is 13.2. The average molecular weight is 335 g/mol. The molecule has 10 heteroatoms. The largest absolute Gasteiger partial charge is 0.394 e. The second kappa shape index (κ2) is 11.5. The van der Waals surface area contributed by atoms with Crippen LogP contribution in [0.2, 0.25) is 0 Å². The zero-order chi connectivity index (χ0) is 17.1. The van der Waals surface area contributed by atoms with Gasteiger partial charge in [-0.05, 0) is 5.53 Å². The molecule has 134 valence electrons. The molecule has 0 spiro atoms. The number of rotatable bonds is 11. The molecule has 0 aliphatic carbocycles. The first-order chi connectivity index (χ1) is 11.1. The number of hydrogen-bond donors (Lipinski definition) is 3. The molecule has 0 aromatic heterocycles. The fraction of sp³-hybridized carbons (Fsp3) is 1.00. The molecule has 0 aromatic rings. The van der Waals surface area contributed by atoms with E-state index in [2.05, 4.69) is 10.0 Å². The molecule has 0 radical (unpaired) electrons. The maximum Gasteiger partial charge on any atom is 0.163 e. The van der Waals surface area contributed by atoms with Gasteiger partial charge in [0.15, 0.2) is 6.29 Å². The van der Waals surface area contributed by atoms with E-state index >= 15 is 0 Å². The summed E-state index contributed by atoms with van der Waals surface area (Å²) in [6.45, 7) is 3.26. The van der Waals surface area contributed by atoms with Crippen molar-refractivity contribution in [3.05, 3.63) is 10.4 Å². The highest BCUT2D eigenvalue weighted by atomic mass is 16.7. The van der Waals surface area contributed by atoms with Crippen molar-refractivity contribution in [3.63, 3.8) is 0 Å². The molecular formula is C13H25N3O7. The van der Waals surface area contributed by atoms with E-state index in [0.717, 1.165) is 0 Å². The van der Waals surface area contributed by atoms with E-state index in [1.54, 1.807) is 6.92 Å². The van der Waals surface area contributed by atoms with Crippen LogP contribution in [-0.4, -0.2) is 86.1 Å². The lowest BCUT2D eigenvalue weighted by molar-refractivity contribution is -0.284. The van der Waals surface area contributed by atoms with Gasteiger partial charge in [-0.25, -0.2) is 0 Å². The van der Waals surface area contributed by atoms with Crippen molar-refractivity contribution in [1.82, 2.24) is 0 Å². The van der Waals surface area contributed by atoms with E-state index in [1.165, 1.54) is 0 Å². The van der Waals surface area contributed by atoms with E-state index in [1.807, 2.05) is 0 Å². The highest BCUT2D eigenvalue weighted by molar-refractivity contribution is 4.86. The standard InChI is InChI=1S/C13H25N3O7/c1-9-11(18)12(19)10(8-17)23-13(9)22-7-6-21-5-4-20-3-2-15-16-14/h9-13,17-19H,2-8H2,1H3/t9?,10?,11-,12+,13+/m1/s1. The van der Waals surface area contributed by atoms with Gasteiger partial charge in [0.05, 0.1) is 45.7 Å². The lowest BCUT2D eigenvalue weighted by Crippen LogP contribution is -2.55. The van der Waals surface area contributed by atoms with Crippen molar-refractivity contribution in [1.29, 1.82) is 0 Å². The van der Waals surface area contributed by atoms with Crippen molar-refractivity contribution >= 4 is 0 Å². The van der Waals surface area contributed by atoms with Crippen LogP contribution in [-0.2, 0) is 18.9 Å². The minimum Gasteiger partial charge on any atom is -0.394 e. The maximum atomic E-state index is 9.88. The van der Waals surface area contributed by atoms with Gasteiger partial charge in [-0.3, -0.25) is 0 Å². The number of aliphatic hydroxyl groups excluding tert-OH is 3. The van der Waals surface area contributed by atoms with Crippen molar-refractivity contribution < 1.29 is 34.3 Å². The molecule has 1 aliphatic heterocycles. The van der Waals surface area contributed by atoms with E-state index < -0.39 is 37.1 Å². The first-order valence-corrected chi connectivity index (χ1v) is 7.52. The van der Waals surface area contributed by atoms with Crippen LogP contribution in [0.15, 0.2) is 5.11 Å². The summed E-state index contributed by atoms with van der Waals surface area (Å²) < 4.78 is 21.3. The molecular weight excluding hydrogens is 310 g/mol. The fourth-order valence-corrected chi connectivity index (χ4v) is 2.11. The molecule has 0 aromatic carbocycles. The first-order valence-electron chi connectivity index (χ1n) is 7.52. The summed E-state index contributed by atoms with van der Waals surface area (Å²) in [5.74, 6) is -0.420. The third kappa shape index (κ3) is 6.98. The van der Waals surface area contributed by atoms with Gasteiger partial charge in [0, 0.05) is 17.4 Å². The summed E-state index contributed by atoms with van der Waals surface area (Å²) in [4.78, 5) is 2.60. The fourth-order valence-electron chi connectivity index (χ4n) is 2.11. The summed E-state index contributed by atoms with van der Waals surface area (Å²) in [7, 11) is 0. The summed E-state index contributed by atoms with van der Waals surface area (Å²) in [6.07, 6.45) is -3.73. The third-order valence-electron chi connectivity index (χ3n) is 3.47. The Bertz CT molecular complexity index is 365. The Hall–Kier alpha value is -0.970. The van der Waals surface area contributed by atoms with Crippen LogP contribution >= 0.6 is 0 Å². The molecule has 3 N–H and O–H groups in total. The predicted octanol–water partition coefficient (Wildman–Crippen LogP) is -0.578. The van der Waals surface area contributed by atoms with Crippen LogP contribution in [0, 0.1) is 5.92 Å². The Morgan fingerprint density at radius 3 is 2.39 bits per heavy atom. The lowest BCUT2D eigenvalue weighted by Gasteiger charge is -2.40. The van der Waals surface area contributed by atoms with Crippen LogP contribution in [0.3, 0.4) is 0 Å². The number of azide groups is 1. The molecule has 2 unspecified atom stereocenters. The Morgan fingerprint density at radius 1 is 1.09 bits per heavy atom. The van der Waals surface area contributed by atoms with Crippen LogP contribution in [0.4, 0.5) is 0 Å². The van der Waals surface area contributed by atoms with Gasteiger partial charge >= 0.3 is 0 Å². The highest BCUT2D eigenvalue weighted by Crippen LogP contribution is 2.26. The van der Waals surface area contributed by atoms with Gasteiger partial charge in [-0.15, -0.1) is 0 Å². The molecule has 10 nitrogen and oxygen atoms in total. The molecule has 23 heavy (non-hydrogen) atoms. The molecule has 0 amide bonds. The van der Waals surface area contributed by atoms with Crippen LogP contribution < -0.4 is 0 Å². The van der Waals surface area contributed by atoms with Gasteiger partial charge in [0.25, 0.3) is 0 Å². The number of nitrogens with zero attached hydrogens (tertiary/aromatic N) is 3. The van der Waals surface area contributed by atoms with Gasteiger partial charge < -0.3 is 34.3 Å². The predicted molar refractivity (Wildman–Crippen MR) is 78.5 cm³/mol. The Morgan fingerprint density at radius 2 is 1.74 bits per heavy atom. The molecule has 5 atom stereocenters. The second-order valence-electron chi connectivity index (χ2n) is 5.12. The monoisotopic (exact) mass is 335 g/mol. The molecule has 1 saturated heterocycles. The number of aliphatic hydroxyl groups is 3. The summed E-state index contributed by atoms with van der Waals surface area (Å²) in [5.41, 5.74) is 8.07. The quantitative estimate of drug-likeness (QED) is 0.198. The number of ether oxygens (including phenoxy) is 4. The highest BCUT2D eigenvalue weighted by Gasteiger charge is 2.42. The smallest absolute Gasteiger partial charge is 0.163 e. The van der Waals surface area contributed by atoms with Crippen molar-refractivity contribution in [2.45, 2.75) is 31.5 Å². The van der Waals surface area contributed by atoms with Crippen LogP contribution in [0.5, 0.6) is 0 Å². The van der Waals surface area contributed by atoms with E-state index in [-0.39, 0.29) is 13.2 Å². The van der Waals surface area contributed by atoms with Gasteiger partial charge in [0.2, 0.25) is 0 Å². The third-order valence-corrected chi connectivity index (χ3v) is 3.47. The average Bonchev–Trinajstić information content (AvgIpc) is 2.56. The molecule has 1 rings (SSSR count). The molecule has 0 bridgehead atoms. The van der Waals surface area contributed by atoms with Gasteiger partial charge in [-0.1, -0.05) is 12.0 Å². The van der Waals surface area contributed by atoms with E-state index in [0.29, 0.717) is 26.4 Å². The molecule has 0 saturated carbocycles. The zero-order valence-electron chi connectivity index (χ0n) is 13.2. The van der Waals surface area contributed by atoms with Crippen LogP contribution in [0.1, 0.15) is 6.92 Å². The first kappa shape index (κ1) is 20.1. The normalized spacial score (nSPS) is 30.9. The lowest BCUT2D eigenvalue weighted by atomic mass is 9.92. The van der Waals surface area contributed by atoms with E-state index in [9.17, 15) is 10.2 Å². The Kier molecular flexibility index (Phi) is 10.1. The molecule has 1 heterocycles. The summed E-state index contributed by atoms with van der Waals surface area (Å²) >= 11 is 0. The second-order valence-corrected chi connectivity index (χ2v) is 5.12. The topological polar surface area (TPSA) is 146 Å². The van der Waals surface area contributed by atoms with Gasteiger partial charge in [0.1, 0.15) is 12.2 Å². The minimum absolute atomic E-state index is 0.245. The number of hydrogen-bond acceptors (Lipinski definition) is 8. The molecule has 1 fully saturated rings. The minimum atomic E-state index is -1.13. The van der Waals surface area contributed by atoms with Crippen molar-refractivity contribution in [3.8, 4) is 0 Å². The summed E-state index contributed by atoms with van der Waals surface area (Å²) in [6, 6.07) is 0. The van der Waals surface area contributed by atoms with Crippen LogP contribution in [0.25, 0.3) is 10.4 Å². The van der Waals surface area contributed by atoms with Gasteiger partial charge in [-0.2, -0.15) is 0 Å². The SMILES string of the molecule is CC1[C@@H](OCCOCCOCCN=[N+]=[N-])OC(CO)[C@H](O)[C@@H]1O.